The van der Waals surface area contributed by atoms with E-state index in [2.05, 4.69) is 20.4 Å². The fourth-order valence-electron chi connectivity index (χ4n) is 3.73. The Hall–Kier alpha value is -3.95. The molecule has 4 aromatic rings. The Kier molecular flexibility index (Phi) is 6.23. The molecule has 0 spiro atoms. The summed E-state index contributed by atoms with van der Waals surface area (Å²) in [6.07, 6.45) is 3.80. The highest BCUT2D eigenvalue weighted by atomic mass is 19.3. The minimum absolute atomic E-state index is 0.355. The van der Waals surface area contributed by atoms with Crippen molar-refractivity contribution in [2.75, 3.05) is 7.11 Å². The second kappa shape index (κ2) is 9.12. The number of methoxy groups -OCH3 is 1. The maximum absolute atomic E-state index is 13.6. The first kappa shape index (κ1) is 23.2. The van der Waals surface area contributed by atoms with Gasteiger partial charge in [-0.1, -0.05) is 12.1 Å². The van der Waals surface area contributed by atoms with Crippen LogP contribution in [0.15, 0.2) is 61.1 Å². The Morgan fingerprint density at radius 3 is 2.38 bits per heavy atom. The molecule has 2 aromatic heterocycles. The third-order valence-corrected chi connectivity index (χ3v) is 5.43. The van der Waals surface area contributed by atoms with Gasteiger partial charge in [-0.05, 0) is 42.8 Å². The van der Waals surface area contributed by atoms with E-state index in [1.165, 1.54) is 0 Å². The molecule has 2 atom stereocenters. The molecule has 0 unspecified atom stereocenters. The molecule has 0 aliphatic rings. The molecular formula is C24H22F3N5O2. The number of nitrogens with zero attached hydrogens (tertiary/aromatic N) is 4. The highest BCUT2D eigenvalue weighted by Gasteiger charge is 2.35. The zero-order valence-electron chi connectivity index (χ0n) is 18.7. The summed E-state index contributed by atoms with van der Waals surface area (Å²) in [5.41, 5.74) is 2.11. The van der Waals surface area contributed by atoms with E-state index >= 15 is 0 Å². The largest absolute Gasteiger partial charge is 0.497 e. The summed E-state index contributed by atoms with van der Waals surface area (Å²) in [6, 6.07) is 11.1. The number of rotatable bonds is 7. The van der Waals surface area contributed by atoms with Crippen LogP contribution in [0.3, 0.4) is 0 Å². The average molecular weight is 469 g/mol. The molecule has 1 N–H and O–H groups in total. The first-order chi connectivity index (χ1) is 16.2. The first-order valence-corrected chi connectivity index (χ1v) is 10.5. The zero-order valence-corrected chi connectivity index (χ0v) is 18.7. The number of carbonyl (C=O) groups is 1. The standard InChI is InChI=1S/C24H22F3N5O2/c1-14(31-23(33)24(2,26)27)21(15-4-7-19(34-3)8-5-15)32-20-9-6-16(10-17(20)11-30-32)22-28-12-18(25)13-29-22/h4-14,21H,1-3H3,(H,31,33)/t14-,21-/m1/s1. The summed E-state index contributed by atoms with van der Waals surface area (Å²) < 4.78 is 47.2. The van der Waals surface area contributed by atoms with Crippen LogP contribution in [0, 0.1) is 5.82 Å². The molecule has 10 heteroatoms. The normalized spacial score (nSPS) is 13.5. The number of hydrogen-bond donors (Lipinski definition) is 1. The van der Waals surface area contributed by atoms with Gasteiger partial charge >= 0.3 is 5.92 Å². The molecule has 2 aromatic carbocycles. The van der Waals surface area contributed by atoms with E-state index in [1.54, 1.807) is 67.4 Å². The molecule has 0 aliphatic heterocycles. The minimum Gasteiger partial charge on any atom is -0.497 e. The van der Waals surface area contributed by atoms with E-state index < -0.39 is 29.7 Å². The summed E-state index contributed by atoms with van der Waals surface area (Å²) in [5, 5.41) is 7.64. The fourth-order valence-corrected chi connectivity index (χ4v) is 3.73. The zero-order chi connectivity index (χ0) is 24.5. The van der Waals surface area contributed by atoms with E-state index in [9.17, 15) is 18.0 Å². The van der Waals surface area contributed by atoms with Gasteiger partial charge in [0, 0.05) is 17.9 Å². The summed E-state index contributed by atoms with van der Waals surface area (Å²) in [5.74, 6) is -4.43. The second-order valence-corrected chi connectivity index (χ2v) is 7.96. The van der Waals surface area contributed by atoms with Gasteiger partial charge < -0.3 is 10.1 Å². The molecule has 0 saturated heterocycles. The predicted molar refractivity (Wildman–Crippen MR) is 120 cm³/mol. The maximum Gasteiger partial charge on any atom is 0.321 e. The van der Waals surface area contributed by atoms with Crippen LogP contribution in [-0.4, -0.2) is 44.7 Å². The van der Waals surface area contributed by atoms with E-state index in [1.807, 2.05) is 0 Å². The van der Waals surface area contributed by atoms with Crippen molar-refractivity contribution >= 4 is 16.8 Å². The topological polar surface area (TPSA) is 81.9 Å². The third kappa shape index (κ3) is 4.70. The summed E-state index contributed by atoms with van der Waals surface area (Å²) >= 11 is 0. The van der Waals surface area contributed by atoms with Crippen molar-refractivity contribution in [2.45, 2.75) is 31.9 Å². The first-order valence-electron chi connectivity index (χ1n) is 10.5. The second-order valence-electron chi connectivity index (χ2n) is 7.96. The van der Waals surface area contributed by atoms with Gasteiger partial charge in [0.1, 0.15) is 5.75 Å². The number of benzene rings is 2. The minimum atomic E-state index is -3.52. The lowest BCUT2D eigenvalue weighted by Crippen LogP contribution is -2.46. The quantitative estimate of drug-likeness (QED) is 0.434. The molecule has 0 bridgehead atoms. The van der Waals surface area contributed by atoms with Gasteiger partial charge in [-0.15, -0.1) is 0 Å². The Balaban J connectivity index is 1.76. The third-order valence-electron chi connectivity index (χ3n) is 5.43. The highest BCUT2D eigenvalue weighted by Crippen LogP contribution is 2.30. The number of nitrogens with one attached hydrogen (secondary N) is 1. The lowest BCUT2D eigenvalue weighted by Gasteiger charge is -2.27. The van der Waals surface area contributed by atoms with Crippen LogP contribution < -0.4 is 10.1 Å². The number of alkyl halides is 2. The molecule has 0 fully saturated rings. The van der Waals surface area contributed by atoms with Gasteiger partial charge in [0.15, 0.2) is 11.6 Å². The van der Waals surface area contributed by atoms with Crippen molar-refractivity contribution in [2.24, 2.45) is 0 Å². The number of halogens is 3. The van der Waals surface area contributed by atoms with Gasteiger partial charge in [0.05, 0.1) is 43.3 Å². The molecule has 4 rings (SSSR count). The van der Waals surface area contributed by atoms with Crippen LogP contribution in [0.5, 0.6) is 5.75 Å². The van der Waals surface area contributed by atoms with Crippen molar-refractivity contribution in [3.8, 4) is 17.1 Å². The number of aromatic nitrogens is 4. The highest BCUT2D eigenvalue weighted by molar-refractivity contribution is 5.84. The van der Waals surface area contributed by atoms with Crippen LogP contribution in [0.25, 0.3) is 22.3 Å². The van der Waals surface area contributed by atoms with Crippen molar-refractivity contribution in [1.29, 1.82) is 0 Å². The van der Waals surface area contributed by atoms with Gasteiger partial charge in [-0.2, -0.15) is 13.9 Å². The number of carbonyl (C=O) groups excluding carboxylic acids is 1. The Morgan fingerprint density at radius 2 is 1.76 bits per heavy atom. The molecule has 1 amide bonds. The number of ether oxygens (including phenoxy) is 1. The Labute approximate surface area is 193 Å². The van der Waals surface area contributed by atoms with E-state index in [0.29, 0.717) is 29.6 Å². The lowest BCUT2D eigenvalue weighted by molar-refractivity contribution is -0.143. The van der Waals surface area contributed by atoms with Crippen LogP contribution in [0.1, 0.15) is 25.5 Å². The molecule has 34 heavy (non-hydrogen) atoms. The average Bonchev–Trinajstić information content (AvgIpc) is 3.22. The van der Waals surface area contributed by atoms with Gasteiger partial charge in [-0.3, -0.25) is 9.48 Å². The molecule has 0 radical (unpaired) electrons. The Bertz CT molecular complexity index is 1300. The van der Waals surface area contributed by atoms with E-state index in [4.69, 9.17) is 4.74 Å². The number of amides is 1. The smallest absolute Gasteiger partial charge is 0.321 e. The molecule has 176 valence electrons. The van der Waals surface area contributed by atoms with Crippen LogP contribution in [0.4, 0.5) is 13.2 Å². The van der Waals surface area contributed by atoms with Crippen molar-refractivity contribution in [1.82, 2.24) is 25.1 Å². The lowest BCUT2D eigenvalue weighted by atomic mass is 9.99. The van der Waals surface area contributed by atoms with Crippen molar-refractivity contribution in [3.05, 3.63) is 72.4 Å². The monoisotopic (exact) mass is 469 g/mol. The molecule has 0 saturated carbocycles. The molecule has 7 nitrogen and oxygen atoms in total. The summed E-state index contributed by atoms with van der Waals surface area (Å²) in [7, 11) is 1.54. The molecule has 2 heterocycles. The van der Waals surface area contributed by atoms with Crippen LogP contribution in [0.2, 0.25) is 0 Å². The summed E-state index contributed by atoms with van der Waals surface area (Å²) in [4.78, 5) is 20.0. The van der Waals surface area contributed by atoms with E-state index in [-0.39, 0.29) is 0 Å². The Morgan fingerprint density at radius 1 is 1.09 bits per heavy atom. The molecule has 0 aliphatic carbocycles. The van der Waals surface area contributed by atoms with E-state index in [0.717, 1.165) is 23.3 Å². The fraction of sp³-hybridized carbons (Fsp3) is 0.250. The predicted octanol–water partition coefficient (Wildman–Crippen LogP) is 4.39. The number of hydrogen-bond acceptors (Lipinski definition) is 5. The molecular weight excluding hydrogens is 447 g/mol. The maximum atomic E-state index is 13.6. The van der Waals surface area contributed by atoms with Gasteiger partial charge in [0.2, 0.25) is 0 Å². The van der Waals surface area contributed by atoms with Crippen molar-refractivity contribution in [3.63, 3.8) is 0 Å². The SMILES string of the molecule is COc1ccc([C@@H]([C@@H](C)NC(=O)C(C)(F)F)n2ncc3cc(-c4ncc(F)cn4)ccc32)cc1. The number of fused-ring (bicyclic) bond motifs is 1. The van der Waals surface area contributed by atoms with Crippen molar-refractivity contribution < 1.29 is 22.7 Å². The van der Waals surface area contributed by atoms with Crippen LogP contribution >= 0.6 is 0 Å². The van der Waals surface area contributed by atoms with Gasteiger partial charge in [-0.25, -0.2) is 14.4 Å². The summed E-state index contributed by atoms with van der Waals surface area (Å²) in [6.45, 7) is 2.20. The van der Waals surface area contributed by atoms with Crippen LogP contribution in [-0.2, 0) is 4.79 Å². The van der Waals surface area contributed by atoms with Gasteiger partial charge in [0.25, 0.3) is 5.91 Å².